The first-order valence-corrected chi connectivity index (χ1v) is 6.16. The Morgan fingerprint density at radius 1 is 1.53 bits per heavy atom. The van der Waals surface area contributed by atoms with Gasteiger partial charge in [0.1, 0.15) is 5.75 Å². The summed E-state index contributed by atoms with van der Waals surface area (Å²) in [7, 11) is 1.59. The maximum Gasteiger partial charge on any atom is 0.170 e. The minimum absolute atomic E-state index is 0.0532. The van der Waals surface area contributed by atoms with E-state index in [-0.39, 0.29) is 11.9 Å². The number of nitrogens with one attached hydrogen (secondary N) is 1. The fraction of sp³-hybridized carbons (Fsp3) is 0.462. The molecule has 0 aliphatic heterocycles. The van der Waals surface area contributed by atoms with Crippen molar-refractivity contribution in [2.24, 2.45) is 10.9 Å². The Balaban J connectivity index is 2.79. The molecule has 0 spiro atoms. The molecule has 19 heavy (non-hydrogen) atoms. The molecule has 1 aromatic rings. The second kappa shape index (κ2) is 7.60. The Hall–Kier alpha value is -1.79. The largest absolute Gasteiger partial charge is 0.496 e. The van der Waals surface area contributed by atoms with Gasteiger partial charge in [0.2, 0.25) is 0 Å². The highest BCUT2D eigenvalue weighted by atomic mass is 16.5. The molecule has 0 heterocycles. The molecule has 0 bridgehead atoms. The first-order valence-electron chi connectivity index (χ1n) is 6.16. The molecule has 5 N–H and O–H groups in total. The number of aliphatic hydroxyl groups is 1. The molecule has 1 rings (SSSR count). The van der Waals surface area contributed by atoms with Gasteiger partial charge in [-0.05, 0) is 24.6 Å². The van der Waals surface area contributed by atoms with Crippen LogP contribution in [0.2, 0.25) is 0 Å². The van der Waals surface area contributed by atoms with Crippen molar-refractivity contribution in [3.8, 4) is 5.75 Å². The Labute approximate surface area is 112 Å². The summed E-state index contributed by atoms with van der Waals surface area (Å²) in [5, 5.41) is 24.3. The van der Waals surface area contributed by atoms with Crippen molar-refractivity contribution in [2.75, 3.05) is 13.7 Å². The van der Waals surface area contributed by atoms with E-state index < -0.39 is 0 Å². The highest BCUT2D eigenvalue weighted by molar-refractivity contribution is 5.97. The quantitative estimate of drug-likeness (QED) is 0.251. The van der Waals surface area contributed by atoms with Crippen molar-refractivity contribution in [3.63, 3.8) is 0 Å². The number of methoxy groups -OCH3 is 1. The van der Waals surface area contributed by atoms with Crippen LogP contribution in [0.25, 0.3) is 0 Å². The molecule has 0 aliphatic carbocycles. The zero-order chi connectivity index (χ0) is 14.3. The molecule has 0 aliphatic rings. The number of hydrogen-bond donors (Lipinski definition) is 4. The molecule has 6 nitrogen and oxygen atoms in total. The van der Waals surface area contributed by atoms with Gasteiger partial charge >= 0.3 is 0 Å². The maximum absolute atomic E-state index is 9.48. The zero-order valence-corrected chi connectivity index (χ0v) is 11.3. The number of hydrogen-bond acceptors (Lipinski definition) is 5. The number of nitrogens with two attached hydrogens (primary N) is 1. The lowest BCUT2D eigenvalue weighted by atomic mass is 10.1. The summed E-state index contributed by atoms with van der Waals surface area (Å²) in [6, 6.07) is 5.28. The molecule has 1 aromatic carbocycles. The lowest BCUT2D eigenvalue weighted by Crippen LogP contribution is -2.26. The highest BCUT2D eigenvalue weighted by Crippen LogP contribution is 2.19. The Bertz CT molecular complexity index is 435. The molecular weight excluding hydrogens is 246 g/mol. The van der Waals surface area contributed by atoms with Crippen LogP contribution in [0.1, 0.15) is 24.5 Å². The Morgan fingerprint density at radius 2 is 2.26 bits per heavy atom. The number of oxime groups is 1. The second-order valence-corrected chi connectivity index (χ2v) is 4.20. The van der Waals surface area contributed by atoms with Gasteiger partial charge < -0.3 is 26.1 Å². The third-order valence-corrected chi connectivity index (χ3v) is 2.85. The first kappa shape index (κ1) is 15.3. The van der Waals surface area contributed by atoms with Crippen LogP contribution in [0, 0.1) is 0 Å². The highest BCUT2D eigenvalue weighted by Gasteiger charge is 2.08. The Morgan fingerprint density at radius 3 is 2.84 bits per heavy atom. The molecule has 106 valence electrons. The number of aliphatic hydroxyl groups excluding tert-OH is 1. The smallest absolute Gasteiger partial charge is 0.170 e. The van der Waals surface area contributed by atoms with Crippen molar-refractivity contribution in [2.45, 2.75) is 26.0 Å². The van der Waals surface area contributed by atoms with Crippen molar-refractivity contribution in [3.05, 3.63) is 29.3 Å². The van der Waals surface area contributed by atoms with Crippen LogP contribution in [0.4, 0.5) is 0 Å². The van der Waals surface area contributed by atoms with Gasteiger partial charge in [0.05, 0.1) is 13.2 Å². The summed E-state index contributed by atoms with van der Waals surface area (Å²) in [5.41, 5.74) is 7.06. The van der Waals surface area contributed by atoms with E-state index in [4.69, 9.17) is 15.7 Å². The number of nitrogens with zero attached hydrogens (tertiary/aromatic N) is 1. The van der Waals surface area contributed by atoms with Crippen LogP contribution in [-0.2, 0) is 6.54 Å². The van der Waals surface area contributed by atoms with Gasteiger partial charge in [0.25, 0.3) is 0 Å². The minimum atomic E-state index is -0.363. The van der Waals surface area contributed by atoms with Gasteiger partial charge in [0, 0.05) is 24.2 Å². The number of amidine groups is 1. The molecule has 0 radical (unpaired) electrons. The van der Waals surface area contributed by atoms with E-state index >= 15 is 0 Å². The average molecular weight is 267 g/mol. The maximum atomic E-state index is 9.48. The van der Waals surface area contributed by atoms with Crippen LogP contribution >= 0.6 is 0 Å². The van der Waals surface area contributed by atoms with Gasteiger partial charge in [-0.3, -0.25) is 0 Å². The summed E-state index contributed by atoms with van der Waals surface area (Å²) in [6.45, 7) is 2.96. The molecule has 0 saturated carbocycles. The molecule has 0 saturated heterocycles. The summed E-state index contributed by atoms with van der Waals surface area (Å²) in [4.78, 5) is 0. The topological polar surface area (TPSA) is 100 Å². The Kier molecular flexibility index (Phi) is 6.11. The van der Waals surface area contributed by atoms with E-state index in [0.717, 1.165) is 5.56 Å². The van der Waals surface area contributed by atoms with Crippen molar-refractivity contribution in [1.82, 2.24) is 5.32 Å². The molecule has 0 aromatic heterocycles. The fourth-order valence-electron chi connectivity index (χ4n) is 1.65. The zero-order valence-electron chi connectivity index (χ0n) is 11.3. The average Bonchev–Trinajstić information content (AvgIpc) is 2.45. The lowest BCUT2D eigenvalue weighted by Gasteiger charge is -2.13. The van der Waals surface area contributed by atoms with E-state index in [0.29, 0.717) is 30.8 Å². The predicted molar refractivity (Wildman–Crippen MR) is 73.5 cm³/mol. The van der Waals surface area contributed by atoms with Crippen molar-refractivity contribution < 1.29 is 15.1 Å². The minimum Gasteiger partial charge on any atom is -0.496 e. The van der Waals surface area contributed by atoms with Gasteiger partial charge in [0.15, 0.2) is 5.84 Å². The van der Waals surface area contributed by atoms with Gasteiger partial charge in [-0.25, -0.2) is 0 Å². The summed E-state index contributed by atoms with van der Waals surface area (Å²) >= 11 is 0. The number of rotatable bonds is 7. The first-order chi connectivity index (χ1) is 9.12. The van der Waals surface area contributed by atoms with Gasteiger partial charge in [-0.1, -0.05) is 12.1 Å². The van der Waals surface area contributed by atoms with Gasteiger partial charge in [-0.15, -0.1) is 0 Å². The monoisotopic (exact) mass is 267 g/mol. The van der Waals surface area contributed by atoms with E-state index in [2.05, 4.69) is 10.5 Å². The van der Waals surface area contributed by atoms with E-state index in [9.17, 15) is 5.11 Å². The molecule has 1 unspecified atom stereocenters. The molecule has 0 fully saturated rings. The van der Waals surface area contributed by atoms with E-state index in [1.54, 1.807) is 25.3 Å². The lowest BCUT2D eigenvalue weighted by molar-refractivity contribution is 0.167. The van der Waals surface area contributed by atoms with Crippen LogP contribution in [0.15, 0.2) is 23.4 Å². The van der Waals surface area contributed by atoms with Crippen LogP contribution in [0.5, 0.6) is 5.75 Å². The van der Waals surface area contributed by atoms with Crippen LogP contribution < -0.4 is 15.8 Å². The molecule has 6 heteroatoms. The third kappa shape index (κ3) is 4.42. The summed E-state index contributed by atoms with van der Waals surface area (Å²) < 4.78 is 5.25. The van der Waals surface area contributed by atoms with E-state index in [1.807, 2.05) is 6.92 Å². The molecule has 0 amide bonds. The normalized spacial score (nSPS) is 13.3. The summed E-state index contributed by atoms with van der Waals surface area (Å²) in [6.07, 6.45) is 0.340. The van der Waals surface area contributed by atoms with E-state index in [1.165, 1.54) is 0 Å². The van der Waals surface area contributed by atoms with Gasteiger partial charge in [-0.2, -0.15) is 0 Å². The predicted octanol–water partition coefficient (Wildman–Crippen LogP) is 0.650. The van der Waals surface area contributed by atoms with Crippen molar-refractivity contribution >= 4 is 5.84 Å². The molecular formula is C13H21N3O3. The molecule has 1 atom stereocenters. The fourth-order valence-corrected chi connectivity index (χ4v) is 1.65. The van der Waals surface area contributed by atoms with Crippen molar-refractivity contribution in [1.29, 1.82) is 0 Å². The number of benzene rings is 1. The number of ether oxygens (including phenoxy) is 1. The SMILES string of the molecule is CCC(O)CNCc1cc(/C(N)=N/O)ccc1OC. The second-order valence-electron chi connectivity index (χ2n) is 4.20. The van der Waals surface area contributed by atoms with Crippen LogP contribution in [-0.4, -0.2) is 35.9 Å². The van der Waals surface area contributed by atoms with Crippen LogP contribution in [0.3, 0.4) is 0 Å². The standard InChI is InChI=1S/C13H21N3O3/c1-3-11(17)8-15-7-10-6-9(13(14)16-18)4-5-12(10)19-2/h4-6,11,15,17-18H,3,7-8H2,1-2H3,(H2,14,16). The summed E-state index contributed by atoms with van der Waals surface area (Å²) in [5.74, 6) is 0.769. The third-order valence-electron chi connectivity index (χ3n) is 2.85.